The number of nitrogens with zero attached hydrogens (tertiary/aromatic N) is 1. The fourth-order valence-corrected chi connectivity index (χ4v) is 4.42. The zero-order chi connectivity index (χ0) is 19.8. The zero-order valence-electron chi connectivity index (χ0n) is 16.3. The summed E-state index contributed by atoms with van der Waals surface area (Å²) in [5.74, 6) is 0.0386. The number of hydrogen-bond acceptors (Lipinski definition) is 5. The normalized spacial score (nSPS) is 20.5. The van der Waals surface area contributed by atoms with Crippen LogP contribution in [0, 0.1) is 0 Å². The van der Waals surface area contributed by atoms with Gasteiger partial charge in [0.2, 0.25) is 11.8 Å². The summed E-state index contributed by atoms with van der Waals surface area (Å²) in [6.45, 7) is 3.98. The number of furan rings is 1. The van der Waals surface area contributed by atoms with Crippen LogP contribution in [0.4, 0.5) is 0 Å². The Balaban J connectivity index is 1.40. The predicted molar refractivity (Wildman–Crippen MR) is 110 cm³/mol. The molecule has 1 atom stereocenters. The van der Waals surface area contributed by atoms with E-state index in [0.29, 0.717) is 19.4 Å². The van der Waals surface area contributed by atoms with Crippen LogP contribution in [0.2, 0.25) is 0 Å². The van der Waals surface area contributed by atoms with Gasteiger partial charge in [0, 0.05) is 23.9 Å². The van der Waals surface area contributed by atoms with E-state index in [1.54, 1.807) is 6.26 Å². The van der Waals surface area contributed by atoms with Crippen LogP contribution in [0.5, 0.6) is 5.75 Å². The Labute approximate surface area is 168 Å². The number of imide groups is 1. The van der Waals surface area contributed by atoms with Crippen LogP contribution < -0.4 is 10.1 Å². The van der Waals surface area contributed by atoms with Crippen molar-refractivity contribution in [2.75, 3.05) is 26.2 Å². The average molecular weight is 392 g/mol. The lowest BCUT2D eigenvalue weighted by molar-refractivity contribution is -0.134. The van der Waals surface area contributed by atoms with Gasteiger partial charge in [0.05, 0.1) is 12.2 Å². The number of fused-ring (bicyclic) bond motifs is 2. The monoisotopic (exact) mass is 392 g/mol. The van der Waals surface area contributed by atoms with Crippen molar-refractivity contribution in [1.29, 1.82) is 0 Å². The highest BCUT2D eigenvalue weighted by atomic mass is 16.5. The van der Waals surface area contributed by atoms with Gasteiger partial charge in [-0.05, 0) is 67.4 Å². The first-order valence-electron chi connectivity index (χ1n) is 10.3. The van der Waals surface area contributed by atoms with Crippen LogP contribution >= 0.6 is 0 Å². The number of amides is 2. The molecule has 1 unspecified atom stereocenters. The van der Waals surface area contributed by atoms with Gasteiger partial charge < -0.3 is 9.15 Å². The van der Waals surface area contributed by atoms with Gasteiger partial charge >= 0.3 is 0 Å². The van der Waals surface area contributed by atoms with E-state index >= 15 is 0 Å². The van der Waals surface area contributed by atoms with Crippen molar-refractivity contribution in [3.8, 4) is 5.75 Å². The third kappa shape index (κ3) is 3.60. The van der Waals surface area contributed by atoms with Crippen LogP contribution in [0.25, 0.3) is 21.7 Å². The second kappa shape index (κ2) is 7.52. The molecule has 2 saturated heterocycles. The number of benzene rings is 2. The van der Waals surface area contributed by atoms with E-state index in [2.05, 4.69) is 16.3 Å². The highest BCUT2D eigenvalue weighted by Gasteiger charge is 2.30. The molecule has 0 bridgehead atoms. The summed E-state index contributed by atoms with van der Waals surface area (Å²) in [5.41, 5.74) is 1.59. The highest BCUT2D eigenvalue weighted by molar-refractivity contribution is 6.04. The van der Waals surface area contributed by atoms with E-state index in [4.69, 9.17) is 9.15 Å². The van der Waals surface area contributed by atoms with Gasteiger partial charge in [-0.1, -0.05) is 6.07 Å². The molecule has 3 heterocycles. The molecule has 150 valence electrons. The fraction of sp³-hybridized carbons (Fsp3) is 0.391. The molecule has 0 saturated carbocycles. The molecule has 2 aliphatic rings. The van der Waals surface area contributed by atoms with Gasteiger partial charge in [0.1, 0.15) is 17.9 Å². The van der Waals surface area contributed by atoms with E-state index in [9.17, 15) is 9.59 Å². The Hall–Kier alpha value is -2.86. The van der Waals surface area contributed by atoms with Gasteiger partial charge in [-0.3, -0.25) is 19.8 Å². The van der Waals surface area contributed by atoms with Crippen molar-refractivity contribution < 1.29 is 18.7 Å². The molecule has 0 spiro atoms. The molecule has 6 heteroatoms. The Morgan fingerprint density at radius 3 is 2.79 bits per heavy atom. The molecule has 0 aliphatic carbocycles. The van der Waals surface area contributed by atoms with E-state index in [1.165, 1.54) is 25.9 Å². The van der Waals surface area contributed by atoms with Crippen LogP contribution in [0.1, 0.15) is 37.2 Å². The third-order valence-electron chi connectivity index (χ3n) is 6.02. The maximum atomic E-state index is 12.3. The summed E-state index contributed by atoms with van der Waals surface area (Å²) in [6, 6.07) is 10.1. The first-order chi connectivity index (χ1) is 14.2. The van der Waals surface area contributed by atoms with Crippen LogP contribution in [0.15, 0.2) is 41.0 Å². The molecule has 0 radical (unpaired) electrons. The smallest absolute Gasteiger partial charge is 0.234 e. The molecule has 2 fully saturated rings. The summed E-state index contributed by atoms with van der Waals surface area (Å²) >= 11 is 0. The lowest BCUT2D eigenvalue weighted by Crippen LogP contribution is -2.39. The van der Waals surface area contributed by atoms with Crippen molar-refractivity contribution in [3.63, 3.8) is 0 Å². The number of ether oxygens (including phenoxy) is 1. The highest BCUT2D eigenvalue weighted by Crippen LogP contribution is 2.35. The molecular formula is C23H24N2O4. The molecule has 6 nitrogen and oxygen atoms in total. The molecule has 29 heavy (non-hydrogen) atoms. The van der Waals surface area contributed by atoms with E-state index < -0.39 is 0 Å². The SMILES string of the molecule is O=C1CCC(c2coc3cc4ccc(OCCN5CCCC5)cc4cc23)C(=O)N1. The third-order valence-corrected chi connectivity index (χ3v) is 6.02. The summed E-state index contributed by atoms with van der Waals surface area (Å²) in [5, 5.41) is 5.46. The summed E-state index contributed by atoms with van der Waals surface area (Å²) < 4.78 is 11.7. The standard InChI is InChI=1S/C23H24N2O4/c26-22-6-5-18(23(27)24-22)20-14-29-21-13-15-3-4-17(11-16(15)12-19(20)21)28-10-9-25-7-1-2-8-25/h3-4,11-14,18H,1-2,5-10H2,(H,24,26,27). The Kier molecular flexibility index (Phi) is 4.72. The Bertz CT molecular complexity index is 1080. The zero-order valence-corrected chi connectivity index (χ0v) is 16.3. The second-order valence-electron chi connectivity index (χ2n) is 7.95. The number of piperidine rings is 1. The first-order valence-corrected chi connectivity index (χ1v) is 10.3. The average Bonchev–Trinajstić information content (AvgIpc) is 3.36. The predicted octanol–water partition coefficient (Wildman–Crippen LogP) is 3.58. The Morgan fingerprint density at radius 1 is 1.10 bits per heavy atom. The van der Waals surface area contributed by atoms with Gasteiger partial charge in [0.15, 0.2) is 0 Å². The maximum Gasteiger partial charge on any atom is 0.234 e. The van der Waals surface area contributed by atoms with E-state index in [-0.39, 0.29) is 17.7 Å². The molecule has 1 aromatic heterocycles. The summed E-state index contributed by atoms with van der Waals surface area (Å²) in [7, 11) is 0. The minimum Gasteiger partial charge on any atom is -0.492 e. The molecule has 2 aromatic carbocycles. The van der Waals surface area contributed by atoms with Crippen LogP contribution in [-0.2, 0) is 9.59 Å². The lowest BCUT2D eigenvalue weighted by Gasteiger charge is -2.19. The number of carbonyl (C=O) groups excluding carboxylic acids is 2. The van der Waals surface area contributed by atoms with Crippen molar-refractivity contribution in [1.82, 2.24) is 10.2 Å². The maximum absolute atomic E-state index is 12.3. The van der Waals surface area contributed by atoms with Gasteiger partial charge in [-0.25, -0.2) is 0 Å². The number of rotatable bonds is 5. The van der Waals surface area contributed by atoms with E-state index in [1.807, 2.05) is 24.3 Å². The number of carbonyl (C=O) groups is 2. The van der Waals surface area contributed by atoms with Gasteiger partial charge in [-0.15, -0.1) is 0 Å². The Morgan fingerprint density at radius 2 is 1.97 bits per heavy atom. The van der Waals surface area contributed by atoms with Crippen molar-refractivity contribution in [3.05, 3.63) is 42.2 Å². The molecule has 3 aromatic rings. The quantitative estimate of drug-likeness (QED) is 0.672. The van der Waals surface area contributed by atoms with E-state index in [0.717, 1.165) is 39.6 Å². The van der Waals surface area contributed by atoms with Crippen LogP contribution in [-0.4, -0.2) is 43.0 Å². The largest absolute Gasteiger partial charge is 0.492 e. The minimum absolute atomic E-state index is 0.208. The molecule has 5 rings (SSSR count). The molecule has 2 aliphatic heterocycles. The molecular weight excluding hydrogens is 368 g/mol. The first kappa shape index (κ1) is 18.2. The van der Waals surface area contributed by atoms with Crippen molar-refractivity contribution in [2.45, 2.75) is 31.6 Å². The van der Waals surface area contributed by atoms with Crippen molar-refractivity contribution in [2.24, 2.45) is 0 Å². The summed E-state index contributed by atoms with van der Waals surface area (Å²) in [4.78, 5) is 26.2. The minimum atomic E-state index is -0.355. The lowest BCUT2D eigenvalue weighted by atomic mass is 9.90. The molecule has 1 N–H and O–H groups in total. The van der Waals surface area contributed by atoms with Gasteiger partial charge in [-0.2, -0.15) is 0 Å². The molecule has 2 amide bonds. The topological polar surface area (TPSA) is 71.8 Å². The second-order valence-corrected chi connectivity index (χ2v) is 7.95. The number of nitrogens with one attached hydrogen (secondary N) is 1. The van der Waals surface area contributed by atoms with Gasteiger partial charge in [0.25, 0.3) is 0 Å². The fourth-order valence-electron chi connectivity index (χ4n) is 4.42. The summed E-state index contributed by atoms with van der Waals surface area (Å²) in [6.07, 6.45) is 5.08. The van der Waals surface area contributed by atoms with Crippen molar-refractivity contribution >= 4 is 33.6 Å². The number of likely N-dealkylation sites (tertiary alicyclic amines) is 1. The number of hydrogen-bond donors (Lipinski definition) is 1. The van der Waals surface area contributed by atoms with Crippen LogP contribution in [0.3, 0.4) is 0 Å².